The molecule has 196 valence electrons. The highest BCUT2D eigenvalue weighted by atomic mass is 16.5. The summed E-state index contributed by atoms with van der Waals surface area (Å²) >= 11 is 0. The average Bonchev–Trinajstić information content (AvgIpc) is 3.33. The highest BCUT2D eigenvalue weighted by molar-refractivity contribution is 5.65. The van der Waals surface area contributed by atoms with Crippen molar-refractivity contribution in [1.29, 1.82) is 0 Å². The molecule has 1 fully saturated rings. The molecule has 0 bridgehead atoms. The van der Waals surface area contributed by atoms with E-state index in [9.17, 15) is 4.79 Å². The van der Waals surface area contributed by atoms with E-state index in [1.165, 1.54) is 0 Å². The van der Waals surface area contributed by atoms with E-state index in [4.69, 9.17) is 19.1 Å². The number of nitrogens with one attached hydrogen (secondary N) is 1. The molecule has 2 aromatic carbocycles. The molecule has 0 saturated heterocycles. The molecule has 0 aliphatic heterocycles. The number of hydrogen-bond donors (Lipinski definition) is 2. The van der Waals surface area contributed by atoms with Gasteiger partial charge in [0.05, 0.1) is 5.69 Å². The van der Waals surface area contributed by atoms with Gasteiger partial charge in [0.2, 0.25) is 5.82 Å². The van der Waals surface area contributed by atoms with Gasteiger partial charge in [-0.1, -0.05) is 43.3 Å². The molecule has 10 heteroatoms. The number of ether oxygens (including phenoxy) is 2. The first-order valence-corrected chi connectivity index (χ1v) is 12.4. The third-order valence-corrected chi connectivity index (χ3v) is 6.70. The van der Waals surface area contributed by atoms with Crippen LogP contribution in [0, 0.1) is 6.92 Å². The fraction of sp³-hybridized carbons (Fsp3) is 0.321. The van der Waals surface area contributed by atoms with Crippen LogP contribution in [0.5, 0.6) is 11.5 Å². The van der Waals surface area contributed by atoms with Crippen LogP contribution in [0.4, 0.5) is 4.79 Å². The number of rotatable bonds is 9. The minimum atomic E-state index is -0.990. The number of nitrogens with zero attached hydrogens (tertiary/aromatic N) is 4. The van der Waals surface area contributed by atoms with Crippen LogP contribution in [0.2, 0.25) is 0 Å². The Kier molecular flexibility index (Phi) is 6.95. The maximum absolute atomic E-state index is 10.7. The van der Waals surface area contributed by atoms with Crippen molar-refractivity contribution in [3.05, 3.63) is 83.4 Å². The zero-order valence-corrected chi connectivity index (χ0v) is 21.4. The molecule has 1 aliphatic rings. The van der Waals surface area contributed by atoms with E-state index in [1.54, 1.807) is 19.2 Å². The monoisotopic (exact) mass is 515 g/mol. The standard InChI is InChI=1S/C28H29N5O5/c1-17-30-26(38-33-17)25-29-13-12-20(31-25)16-36-22-8-4-18(5-9-22)28(2,3)19-6-10-23(11-7-19)37-24-14-21(15-24)32-27(34)35/h4-13,21,24,32H,14-16H2,1-3H3,(H,34,35)/t21-,24-. The third-order valence-electron chi connectivity index (χ3n) is 6.70. The number of hydrogen-bond acceptors (Lipinski definition) is 8. The lowest BCUT2D eigenvalue weighted by Crippen LogP contribution is -2.48. The summed E-state index contributed by atoms with van der Waals surface area (Å²) < 4.78 is 17.1. The second-order valence-electron chi connectivity index (χ2n) is 9.84. The lowest BCUT2D eigenvalue weighted by Gasteiger charge is -2.35. The van der Waals surface area contributed by atoms with Crippen LogP contribution in [0.15, 0.2) is 65.3 Å². The van der Waals surface area contributed by atoms with Crippen molar-refractivity contribution in [2.24, 2.45) is 0 Å². The number of amides is 1. The van der Waals surface area contributed by atoms with Crippen molar-refractivity contribution in [3.8, 4) is 23.2 Å². The molecule has 1 aliphatic carbocycles. The average molecular weight is 516 g/mol. The first kappa shape index (κ1) is 25.2. The van der Waals surface area contributed by atoms with Gasteiger partial charge in [-0.15, -0.1) is 0 Å². The van der Waals surface area contributed by atoms with Crippen molar-refractivity contribution in [2.45, 2.75) is 57.8 Å². The topological polar surface area (TPSA) is 132 Å². The van der Waals surface area contributed by atoms with Crippen molar-refractivity contribution in [3.63, 3.8) is 0 Å². The molecule has 2 heterocycles. The molecule has 38 heavy (non-hydrogen) atoms. The number of carboxylic acid groups (broad SMARTS) is 1. The van der Waals surface area contributed by atoms with Gasteiger partial charge in [0, 0.05) is 30.5 Å². The Balaban J connectivity index is 1.17. The summed E-state index contributed by atoms with van der Waals surface area (Å²) in [7, 11) is 0. The van der Waals surface area contributed by atoms with Crippen LogP contribution < -0.4 is 14.8 Å². The highest BCUT2D eigenvalue weighted by Gasteiger charge is 2.32. The molecule has 0 spiro atoms. The zero-order chi connectivity index (χ0) is 26.7. The number of benzene rings is 2. The van der Waals surface area contributed by atoms with Gasteiger partial charge in [-0.25, -0.2) is 14.8 Å². The predicted octanol–water partition coefficient (Wildman–Crippen LogP) is 4.92. The van der Waals surface area contributed by atoms with E-state index in [1.807, 2.05) is 24.3 Å². The van der Waals surface area contributed by atoms with Crippen molar-refractivity contribution < 1.29 is 23.9 Å². The third kappa shape index (κ3) is 5.74. The number of carbonyl (C=O) groups is 1. The Morgan fingerprint density at radius 1 is 1.03 bits per heavy atom. The second kappa shape index (κ2) is 10.5. The van der Waals surface area contributed by atoms with E-state index < -0.39 is 6.09 Å². The van der Waals surface area contributed by atoms with Crippen molar-refractivity contribution >= 4 is 6.09 Å². The summed E-state index contributed by atoms with van der Waals surface area (Å²) in [5.74, 6) is 2.69. The van der Waals surface area contributed by atoms with Gasteiger partial charge in [-0.3, -0.25) is 0 Å². The quantitative estimate of drug-likeness (QED) is 0.319. The molecular formula is C28H29N5O5. The summed E-state index contributed by atoms with van der Waals surface area (Å²) in [6.07, 6.45) is 2.06. The van der Waals surface area contributed by atoms with Crippen LogP contribution in [0.1, 0.15) is 49.3 Å². The highest BCUT2D eigenvalue weighted by Crippen LogP contribution is 2.34. The first-order chi connectivity index (χ1) is 18.3. The second-order valence-corrected chi connectivity index (χ2v) is 9.84. The van der Waals surface area contributed by atoms with Gasteiger partial charge in [0.1, 0.15) is 24.2 Å². The number of aromatic nitrogens is 4. The fourth-order valence-electron chi connectivity index (χ4n) is 4.36. The van der Waals surface area contributed by atoms with Gasteiger partial charge in [0.15, 0.2) is 5.82 Å². The SMILES string of the molecule is Cc1noc(-c2nccc(COc3ccc(C(C)(C)c4ccc(O[C@H]5C[C@H](NC(=O)O)C5)cc4)cc3)n2)n1. The minimum Gasteiger partial charge on any atom is -0.490 e. The van der Waals surface area contributed by atoms with E-state index in [-0.39, 0.29) is 30.1 Å². The molecule has 2 N–H and O–H groups in total. The maximum Gasteiger partial charge on any atom is 0.404 e. The largest absolute Gasteiger partial charge is 0.490 e. The van der Waals surface area contributed by atoms with Crippen molar-refractivity contribution in [1.82, 2.24) is 25.4 Å². The summed E-state index contributed by atoms with van der Waals surface area (Å²) in [5.41, 5.74) is 2.78. The molecule has 2 aromatic heterocycles. The summed E-state index contributed by atoms with van der Waals surface area (Å²) in [4.78, 5) is 23.5. The summed E-state index contributed by atoms with van der Waals surface area (Å²) in [5, 5.41) is 15.1. The Hall–Kier alpha value is -4.47. The van der Waals surface area contributed by atoms with Gasteiger partial charge >= 0.3 is 6.09 Å². The lowest BCUT2D eigenvalue weighted by molar-refractivity contribution is 0.0833. The Morgan fingerprint density at radius 2 is 1.68 bits per heavy atom. The molecule has 1 amide bonds. The normalized spacial score (nSPS) is 16.9. The predicted molar refractivity (Wildman–Crippen MR) is 138 cm³/mol. The van der Waals surface area contributed by atoms with Crippen LogP contribution in [-0.2, 0) is 12.0 Å². The molecule has 0 radical (unpaired) electrons. The van der Waals surface area contributed by atoms with Crippen LogP contribution in [0.25, 0.3) is 11.7 Å². The summed E-state index contributed by atoms with van der Waals surface area (Å²) in [6, 6.07) is 17.9. The number of aryl methyl sites for hydroxylation is 1. The lowest BCUT2D eigenvalue weighted by atomic mass is 9.78. The van der Waals surface area contributed by atoms with Gasteiger partial charge < -0.3 is 24.4 Å². The van der Waals surface area contributed by atoms with Crippen molar-refractivity contribution in [2.75, 3.05) is 0 Å². The Morgan fingerprint density at radius 3 is 2.29 bits per heavy atom. The summed E-state index contributed by atoms with van der Waals surface area (Å²) in [6.45, 7) is 6.37. The van der Waals surface area contributed by atoms with E-state index in [0.29, 0.717) is 30.2 Å². The fourth-order valence-corrected chi connectivity index (χ4v) is 4.36. The van der Waals surface area contributed by atoms with E-state index >= 15 is 0 Å². The van der Waals surface area contributed by atoms with Crippen LogP contribution in [0.3, 0.4) is 0 Å². The molecule has 0 atom stereocenters. The van der Waals surface area contributed by atoms with Gasteiger partial charge in [-0.2, -0.15) is 4.98 Å². The maximum atomic E-state index is 10.7. The Labute approximate surface area is 220 Å². The molecular weight excluding hydrogens is 486 g/mol. The van der Waals surface area contributed by atoms with Gasteiger partial charge in [-0.05, 0) is 48.4 Å². The van der Waals surface area contributed by atoms with E-state index in [2.05, 4.69) is 63.5 Å². The van der Waals surface area contributed by atoms with Gasteiger partial charge in [0.25, 0.3) is 5.89 Å². The molecule has 10 nitrogen and oxygen atoms in total. The molecule has 1 saturated carbocycles. The minimum absolute atomic E-state index is 0.0259. The first-order valence-electron chi connectivity index (χ1n) is 12.4. The van der Waals surface area contributed by atoms with Crippen LogP contribution >= 0.6 is 0 Å². The van der Waals surface area contributed by atoms with Crippen LogP contribution in [-0.4, -0.2) is 43.5 Å². The molecule has 4 aromatic rings. The zero-order valence-electron chi connectivity index (χ0n) is 21.4. The van der Waals surface area contributed by atoms with E-state index in [0.717, 1.165) is 22.6 Å². The Bertz CT molecular complexity index is 1400. The molecule has 0 unspecified atom stereocenters. The molecule has 5 rings (SSSR count). The smallest absolute Gasteiger partial charge is 0.404 e.